The topological polar surface area (TPSA) is 3.24 Å². The van der Waals surface area contributed by atoms with Crippen molar-refractivity contribution in [1.82, 2.24) is 4.90 Å². The summed E-state index contributed by atoms with van der Waals surface area (Å²) in [5, 5.41) is 0. The Bertz CT molecular complexity index is 287. The summed E-state index contributed by atoms with van der Waals surface area (Å²) < 4.78 is 0. The Balaban J connectivity index is 1.65. The van der Waals surface area contributed by atoms with Gasteiger partial charge in [-0.3, -0.25) is 4.90 Å². The number of fused-ring (bicyclic) bond motifs is 1. The van der Waals surface area contributed by atoms with E-state index in [2.05, 4.69) is 32.6 Å². The Hall–Kier alpha value is -0.0400. The lowest BCUT2D eigenvalue weighted by Gasteiger charge is -2.32. The van der Waals surface area contributed by atoms with Crippen LogP contribution >= 0.6 is 0 Å². The van der Waals surface area contributed by atoms with Crippen molar-refractivity contribution in [3.8, 4) is 0 Å². The number of hydrogen-bond acceptors (Lipinski definition) is 1. The summed E-state index contributed by atoms with van der Waals surface area (Å²) >= 11 is 0. The molecule has 0 radical (unpaired) electrons. The van der Waals surface area contributed by atoms with E-state index < -0.39 is 0 Å². The van der Waals surface area contributed by atoms with Crippen molar-refractivity contribution < 1.29 is 0 Å². The molecule has 0 aliphatic carbocycles. The van der Waals surface area contributed by atoms with E-state index in [0.717, 1.165) is 17.9 Å². The summed E-state index contributed by atoms with van der Waals surface area (Å²) in [6.07, 6.45) is 14.4. The monoisotopic (exact) mass is 279 g/mol. The number of rotatable bonds is 8. The molecule has 2 aliphatic rings. The molecule has 0 saturated carbocycles. The first kappa shape index (κ1) is 16.3. The maximum Gasteiger partial charge on any atom is 0.0185 e. The molecule has 2 heterocycles. The normalized spacial score (nSPS) is 33.3. The highest BCUT2D eigenvalue weighted by atomic mass is 15.3. The third-order valence-corrected chi connectivity index (χ3v) is 6.19. The molecule has 0 aromatic rings. The second-order valence-electron chi connectivity index (χ2n) is 8.14. The molecule has 118 valence electrons. The van der Waals surface area contributed by atoms with Crippen molar-refractivity contribution in [2.24, 2.45) is 11.8 Å². The van der Waals surface area contributed by atoms with Crippen LogP contribution in [0.1, 0.15) is 91.9 Å². The standard InChI is InChI=1S/C19H37N/c1-5-7-16(2)8-9-17(3)10-11-18-12-14-19(4)13-6-15-20(18)19/h16-18H,5-15H2,1-4H3/t16?,17?,18?,19-/m0/s1. The molecule has 1 heteroatoms. The van der Waals surface area contributed by atoms with E-state index in [0.29, 0.717) is 5.54 Å². The second-order valence-corrected chi connectivity index (χ2v) is 8.14. The molecule has 0 spiro atoms. The molecule has 3 unspecified atom stereocenters. The second kappa shape index (κ2) is 7.29. The van der Waals surface area contributed by atoms with Gasteiger partial charge in [0.1, 0.15) is 0 Å². The van der Waals surface area contributed by atoms with E-state index in [4.69, 9.17) is 0 Å². The fourth-order valence-electron chi connectivity index (χ4n) is 4.70. The molecule has 1 nitrogen and oxygen atoms in total. The summed E-state index contributed by atoms with van der Waals surface area (Å²) in [7, 11) is 0. The molecule has 2 aliphatic heterocycles. The highest BCUT2D eigenvalue weighted by Crippen LogP contribution is 2.43. The van der Waals surface area contributed by atoms with Gasteiger partial charge in [-0.05, 0) is 63.8 Å². The van der Waals surface area contributed by atoms with Crippen LogP contribution in [0.4, 0.5) is 0 Å². The third kappa shape index (κ3) is 4.00. The van der Waals surface area contributed by atoms with Crippen LogP contribution in [0.25, 0.3) is 0 Å². The smallest absolute Gasteiger partial charge is 0.0185 e. The van der Waals surface area contributed by atoms with Crippen LogP contribution in [0, 0.1) is 11.8 Å². The molecule has 0 amide bonds. The highest BCUT2D eigenvalue weighted by Gasteiger charge is 2.45. The Morgan fingerprint density at radius 2 is 1.75 bits per heavy atom. The zero-order chi connectivity index (χ0) is 14.6. The minimum Gasteiger partial charge on any atom is -0.295 e. The molecule has 20 heavy (non-hydrogen) atoms. The SMILES string of the molecule is CCCC(C)CCC(C)CCC1CC[C@]2(C)CCCN12. The largest absolute Gasteiger partial charge is 0.295 e. The summed E-state index contributed by atoms with van der Waals surface area (Å²) in [5.74, 6) is 1.87. The molecule has 2 rings (SSSR count). The Morgan fingerprint density at radius 3 is 2.45 bits per heavy atom. The van der Waals surface area contributed by atoms with Crippen molar-refractivity contribution in [3.63, 3.8) is 0 Å². The van der Waals surface area contributed by atoms with Gasteiger partial charge in [-0.25, -0.2) is 0 Å². The zero-order valence-corrected chi connectivity index (χ0v) is 14.5. The van der Waals surface area contributed by atoms with Gasteiger partial charge in [0.25, 0.3) is 0 Å². The third-order valence-electron chi connectivity index (χ3n) is 6.19. The number of hydrogen-bond donors (Lipinski definition) is 0. The van der Waals surface area contributed by atoms with Gasteiger partial charge in [0, 0.05) is 11.6 Å². The fraction of sp³-hybridized carbons (Fsp3) is 1.00. The maximum absolute atomic E-state index is 2.86. The van der Waals surface area contributed by atoms with Gasteiger partial charge in [0.15, 0.2) is 0 Å². The van der Waals surface area contributed by atoms with Gasteiger partial charge in [-0.15, -0.1) is 0 Å². The summed E-state index contributed by atoms with van der Waals surface area (Å²) in [5.41, 5.74) is 0.587. The Kier molecular flexibility index (Phi) is 5.95. The predicted molar refractivity (Wildman–Crippen MR) is 89.1 cm³/mol. The minimum absolute atomic E-state index is 0.587. The van der Waals surface area contributed by atoms with E-state index in [1.54, 1.807) is 0 Å². The van der Waals surface area contributed by atoms with Crippen molar-refractivity contribution in [1.29, 1.82) is 0 Å². The first-order valence-electron chi connectivity index (χ1n) is 9.32. The minimum atomic E-state index is 0.587. The lowest BCUT2D eigenvalue weighted by molar-refractivity contribution is 0.156. The van der Waals surface area contributed by atoms with Gasteiger partial charge >= 0.3 is 0 Å². The van der Waals surface area contributed by atoms with E-state index in [1.807, 2.05) is 0 Å². The van der Waals surface area contributed by atoms with Crippen LogP contribution in [0.3, 0.4) is 0 Å². The van der Waals surface area contributed by atoms with Gasteiger partial charge in [0.05, 0.1) is 0 Å². The van der Waals surface area contributed by atoms with Crippen LogP contribution in [0.2, 0.25) is 0 Å². The van der Waals surface area contributed by atoms with Crippen LogP contribution in [0.15, 0.2) is 0 Å². The van der Waals surface area contributed by atoms with E-state index in [1.165, 1.54) is 70.8 Å². The zero-order valence-electron chi connectivity index (χ0n) is 14.5. The summed E-state index contributed by atoms with van der Waals surface area (Å²) in [4.78, 5) is 2.86. The molecule has 0 aromatic carbocycles. The Labute approximate surface area is 127 Å². The molecule has 0 aromatic heterocycles. The molecule has 2 saturated heterocycles. The van der Waals surface area contributed by atoms with Crippen molar-refractivity contribution in [2.75, 3.05) is 6.54 Å². The van der Waals surface area contributed by atoms with E-state index >= 15 is 0 Å². The van der Waals surface area contributed by atoms with Crippen molar-refractivity contribution in [3.05, 3.63) is 0 Å². The van der Waals surface area contributed by atoms with Crippen molar-refractivity contribution >= 4 is 0 Å². The average Bonchev–Trinajstić information content (AvgIpc) is 2.92. The maximum atomic E-state index is 2.86. The highest BCUT2D eigenvalue weighted by molar-refractivity contribution is 5.01. The summed E-state index contributed by atoms with van der Waals surface area (Å²) in [6, 6.07) is 0.915. The quantitative estimate of drug-likeness (QED) is 0.556. The van der Waals surface area contributed by atoms with Gasteiger partial charge in [-0.2, -0.15) is 0 Å². The molecule has 4 atom stereocenters. The molecular formula is C19H37N. The van der Waals surface area contributed by atoms with E-state index in [9.17, 15) is 0 Å². The molecule has 0 N–H and O–H groups in total. The summed E-state index contributed by atoms with van der Waals surface area (Å²) in [6.45, 7) is 11.1. The predicted octanol–water partition coefficient (Wildman–Crippen LogP) is 5.64. The lowest BCUT2D eigenvalue weighted by Crippen LogP contribution is -2.39. The lowest BCUT2D eigenvalue weighted by atomic mass is 9.91. The van der Waals surface area contributed by atoms with Crippen LogP contribution in [-0.4, -0.2) is 23.0 Å². The number of nitrogens with zero attached hydrogens (tertiary/aromatic N) is 1. The van der Waals surface area contributed by atoms with Crippen LogP contribution < -0.4 is 0 Å². The van der Waals surface area contributed by atoms with E-state index in [-0.39, 0.29) is 0 Å². The Morgan fingerprint density at radius 1 is 1.05 bits per heavy atom. The van der Waals surface area contributed by atoms with Gasteiger partial charge in [0.2, 0.25) is 0 Å². The fourth-order valence-corrected chi connectivity index (χ4v) is 4.70. The molecule has 2 fully saturated rings. The van der Waals surface area contributed by atoms with Crippen molar-refractivity contribution in [2.45, 2.75) is 103 Å². The van der Waals surface area contributed by atoms with Crippen LogP contribution in [0.5, 0.6) is 0 Å². The first-order valence-corrected chi connectivity index (χ1v) is 9.32. The van der Waals surface area contributed by atoms with Gasteiger partial charge < -0.3 is 0 Å². The molecular weight excluding hydrogens is 242 g/mol. The average molecular weight is 280 g/mol. The first-order chi connectivity index (χ1) is 9.55. The van der Waals surface area contributed by atoms with Crippen LogP contribution in [-0.2, 0) is 0 Å². The molecule has 0 bridgehead atoms. The van der Waals surface area contributed by atoms with Gasteiger partial charge in [-0.1, -0.05) is 46.5 Å².